The number of imidazole rings is 1. The first-order chi connectivity index (χ1) is 7.35. The predicted octanol–water partition coefficient (Wildman–Crippen LogP) is 2.09. The summed E-state index contributed by atoms with van der Waals surface area (Å²) in [6, 6.07) is 5.64. The third-order valence-corrected chi connectivity index (χ3v) is 2.20. The molecule has 1 aromatic heterocycles. The topological polar surface area (TPSA) is 47.1 Å². The van der Waals surface area contributed by atoms with Crippen molar-refractivity contribution in [1.82, 2.24) is 9.97 Å². The van der Waals surface area contributed by atoms with Crippen molar-refractivity contribution in [2.75, 3.05) is 14.2 Å². The molecule has 0 aliphatic rings. The lowest BCUT2D eigenvalue weighted by Crippen LogP contribution is -1.90. The Balaban J connectivity index is 2.52. The number of hydrogen-bond acceptors (Lipinski definition) is 3. The van der Waals surface area contributed by atoms with Gasteiger partial charge in [-0.15, -0.1) is 0 Å². The highest BCUT2D eigenvalue weighted by Gasteiger charge is 2.08. The number of benzene rings is 1. The fourth-order valence-corrected chi connectivity index (χ4v) is 1.43. The van der Waals surface area contributed by atoms with Gasteiger partial charge in [-0.2, -0.15) is 0 Å². The smallest absolute Gasteiger partial charge is 0.128 e. The van der Waals surface area contributed by atoms with E-state index in [1.54, 1.807) is 26.7 Å². The van der Waals surface area contributed by atoms with E-state index in [2.05, 4.69) is 9.97 Å². The second-order valence-electron chi connectivity index (χ2n) is 3.03. The minimum Gasteiger partial charge on any atom is -0.497 e. The quantitative estimate of drug-likeness (QED) is 0.832. The number of ether oxygens (including phenoxy) is 2. The van der Waals surface area contributed by atoms with Crippen molar-refractivity contribution in [1.29, 1.82) is 0 Å². The number of methoxy groups -OCH3 is 2. The summed E-state index contributed by atoms with van der Waals surface area (Å²) in [6.45, 7) is 0. The van der Waals surface area contributed by atoms with Gasteiger partial charge < -0.3 is 14.5 Å². The van der Waals surface area contributed by atoms with Gasteiger partial charge >= 0.3 is 0 Å². The summed E-state index contributed by atoms with van der Waals surface area (Å²) < 4.78 is 10.4. The van der Waals surface area contributed by atoms with Crippen LogP contribution in [0.25, 0.3) is 11.3 Å². The number of aromatic amines is 1. The van der Waals surface area contributed by atoms with Crippen LogP contribution in [0.1, 0.15) is 0 Å². The van der Waals surface area contributed by atoms with Gasteiger partial charge in [-0.3, -0.25) is 0 Å². The predicted molar refractivity (Wildman–Crippen MR) is 57.1 cm³/mol. The van der Waals surface area contributed by atoms with Crippen molar-refractivity contribution in [2.24, 2.45) is 0 Å². The van der Waals surface area contributed by atoms with E-state index in [1.165, 1.54) is 0 Å². The van der Waals surface area contributed by atoms with Gasteiger partial charge in [0.1, 0.15) is 11.5 Å². The molecule has 0 radical (unpaired) electrons. The number of nitrogens with zero attached hydrogens (tertiary/aromatic N) is 1. The average Bonchev–Trinajstić information content (AvgIpc) is 2.81. The van der Waals surface area contributed by atoms with Gasteiger partial charge in [0.25, 0.3) is 0 Å². The van der Waals surface area contributed by atoms with Crippen LogP contribution < -0.4 is 9.47 Å². The lowest BCUT2D eigenvalue weighted by molar-refractivity contribution is 0.404. The molecule has 0 spiro atoms. The van der Waals surface area contributed by atoms with Gasteiger partial charge in [-0.05, 0) is 18.2 Å². The first-order valence-corrected chi connectivity index (χ1v) is 4.56. The molecule has 0 amide bonds. The molecule has 0 saturated heterocycles. The van der Waals surface area contributed by atoms with Crippen LogP contribution in [0, 0.1) is 0 Å². The molecule has 1 heterocycles. The van der Waals surface area contributed by atoms with Crippen molar-refractivity contribution >= 4 is 0 Å². The van der Waals surface area contributed by atoms with Gasteiger partial charge in [0, 0.05) is 5.56 Å². The average molecular weight is 204 g/mol. The summed E-state index contributed by atoms with van der Waals surface area (Å²) in [6.07, 6.45) is 3.38. The molecular formula is C11H12N2O2. The molecule has 15 heavy (non-hydrogen) atoms. The first kappa shape index (κ1) is 9.58. The zero-order chi connectivity index (χ0) is 10.7. The van der Waals surface area contributed by atoms with Crippen LogP contribution in [0.3, 0.4) is 0 Å². The van der Waals surface area contributed by atoms with Crippen molar-refractivity contribution in [3.63, 3.8) is 0 Å². The number of hydrogen-bond donors (Lipinski definition) is 1. The second kappa shape index (κ2) is 4.04. The Morgan fingerprint density at radius 2 is 2.07 bits per heavy atom. The van der Waals surface area contributed by atoms with Crippen molar-refractivity contribution in [3.8, 4) is 22.8 Å². The molecule has 4 heteroatoms. The van der Waals surface area contributed by atoms with Gasteiger partial charge in [0.05, 0.1) is 32.4 Å². The second-order valence-corrected chi connectivity index (χ2v) is 3.03. The van der Waals surface area contributed by atoms with Crippen LogP contribution in [0.5, 0.6) is 11.5 Å². The highest BCUT2D eigenvalue weighted by molar-refractivity contribution is 5.68. The normalized spacial score (nSPS) is 10.0. The molecule has 2 rings (SSSR count). The molecule has 0 aliphatic heterocycles. The van der Waals surface area contributed by atoms with Crippen LogP contribution in [0.4, 0.5) is 0 Å². The zero-order valence-corrected chi connectivity index (χ0v) is 8.65. The SMILES string of the molecule is COc1ccc(OC)c(-c2cnc[nH]2)c1. The van der Waals surface area contributed by atoms with Crippen molar-refractivity contribution in [2.45, 2.75) is 0 Å². The van der Waals surface area contributed by atoms with E-state index in [0.717, 1.165) is 22.8 Å². The molecular weight excluding hydrogens is 192 g/mol. The van der Waals surface area contributed by atoms with Gasteiger partial charge in [0.2, 0.25) is 0 Å². The lowest BCUT2D eigenvalue weighted by Gasteiger charge is -2.08. The van der Waals surface area contributed by atoms with Crippen LogP contribution in [0.2, 0.25) is 0 Å². The minimum absolute atomic E-state index is 0.792. The number of H-pyrrole nitrogens is 1. The Hall–Kier alpha value is -1.97. The first-order valence-electron chi connectivity index (χ1n) is 4.56. The summed E-state index contributed by atoms with van der Waals surface area (Å²) in [4.78, 5) is 7.01. The number of nitrogens with one attached hydrogen (secondary N) is 1. The Morgan fingerprint density at radius 3 is 2.67 bits per heavy atom. The maximum Gasteiger partial charge on any atom is 0.128 e. The number of aromatic nitrogens is 2. The van der Waals surface area contributed by atoms with Gasteiger partial charge in [-0.25, -0.2) is 4.98 Å². The third kappa shape index (κ3) is 1.79. The fraction of sp³-hybridized carbons (Fsp3) is 0.182. The third-order valence-electron chi connectivity index (χ3n) is 2.20. The maximum absolute atomic E-state index is 5.27. The molecule has 0 saturated carbocycles. The van der Waals surface area contributed by atoms with Crippen LogP contribution in [-0.2, 0) is 0 Å². The summed E-state index contributed by atoms with van der Waals surface area (Å²) in [7, 11) is 3.28. The molecule has 4 nitrogen and oxygen atoms in total. The van der Waals surface area contributed by atoms with E-state index in [-0.39, 0.29) is 0 Å². The van der Waals surface area contributed by atoms with E-state index in [0.29, 0.717) is 0 Å². The monoisotopic (exact) mass is 204 g/mol. The highest BCUT2D eigenvalue weighted by atomic mass is 16.5. The Labute approximate surface area is 87.9 Å². The van der Waals surface area contributed by atoms with Crippen LogP contribution in [0.15, 0.2) is 30.7 Å². The maximum atomic E-state index is 5.27. The van der Waals surface area contributed by atoms with E-state index in [4.69, 9.17) is 9.47 Å². The zero-order valence-electron chi connectivity index (χ0n) is 8.65. The van der Waals surface area contributed by atoms with Crippen LogP contribution in [-0.4, -0.2) is 24.2 Å². The molecule has 1 aromatic carbocycles. The molecule has 0 unspecified atom stereocenters. The molecule has 0 aliphatic carbocycles. The van der Waals surface area contributed by atoms with E-state index >= 15 is 0 Å². The molecule has 1 N–H and O–H groups in total. The number of rotatable bonds is 3. The van der Waals surface area contributed by atoms with Gasteiger partial charge in [0.15, 0.2) is 0 Å². The summed E-state index contributed by atoms with van der Waals surface area (Å²) >= 11 is 0. The largest absolute Gasteiger partial charge is 0.497 e. The lowest BCUT2D eigenvalue weighted by atomic mass is 10.1. The Morgan fingerprint density at radius 1 is 1.20 bits per heavy atom. The van der Waals surface area contributed by atoms with Gasteiger partial charge in [-0.1, -0.05) is 0 Å². The van der Waals surface area contributed by atoms with Crippen LogP contribution >= 0.6 is 0 Å². The Bertz CT molecular complexity index is 438. The molecule has 2 aromatic rings. The Kier molecular flexibility index (Phi) is 2.58. The molecule has 0 atom stereocenters. The fourth-order valence-electron chi connectivity index (χ4n) is 1.43. The highest BCUT2D eigenvalue weighted by Crippen LogP contribution is 2.31. The van der Waals surface area contributed by atoms with E-state index in [1.807, 2.05) is 18.2 Å². The molecule has 78 valence electrons. The van der Waals surface area contributed by atoms with E-state index < -0.39 is 0 Å². The molecule has 0 bridgehead atoms. The van der Waals surface area contributed by atoms with E-state index in [9.17, 15) is 0 Å². The summed E-state index contributed by atoms with van der Waals surface area (Å²) in [5, 5.41) is 0. The minimum atomic E-state index is 0.792. The summed E-state index contributed by atoms with van der Waals surface area (Å²) in [5.74, 6) is 1.58. The molecule has 0 fully saturated rings. The van der Waals surface area contributed by atoms with Crippen molar-refractivity contribution < 1.29 is 9.47 Å². The van der Waals surface area contributed by atoms with Crippen molar-refractivity contribution in [3.05, 3.63) is 30.7 Å². The standard InChI is InChI=1S/C11H12N2O2/c1-14-8-3-4-11(15-2)9(5-8)10-6-12-7-13-10/h3-7H,1-2H3,(H,12,13). The summed E-state index contributed by atoms with van der Waals surface area (Å²) in [5.41, 5.74) is 1.85.